The first-order chi connectivity index (χ1) is 7.61. The Hall–Kier alpha value is -1.18. The highest BCUT2D eigenvalue weighted by Gasteiger charge is 2.44. The normalized spacial score (nSPS) is 28.6. The Morgan fingerprint density at radius 2 is 2.12 bits per heavy atom. The molecule has 0 saturated heterocycles. The van der Waals surface area contributed by atoms with Crippen molar-refractivity contribution in [1.82, 2.24) is 0 Å². The zero-order chi connectivity index (χ0) is 11.7. The van der Waals surface area contributed by atoms with Crippen LogP contribution in [0.15, 0.2) is 23.8 Å². The number of hydrogen-bond donors (Lipinski definition) is 0. The summed E-state index contributed by atoms with van der Waals surface area (Å²) >= 11 is 0. The third-order valence-corrected chi connectivity index (χ3v) is 3.48. The van der Waals surface area contributed by atoms with Crippen LogP contribution in [0.5, 0.6) is 0 Å². The maximum atomic E-state index is 12.1. The topological polar surface area (TPSA) is 34.1 Å². The molecule has 2 heteroatoms. The Balaban J connectivity index is 2.12. The Morgan fingerprint density at radius 1 is 1.38 bits per heavy atom. The van der Waals surface area contributed by atoms with E-state index in [9.17, 15) is 9.59 Å². The number of allylic oxidation sites excluding steroid dienone is 4. The van der Waals surface area contributed by atoms with Crippen LogP contribution < -0.4 is 0 Å². The largest absolute Gasteiger partial charge is 0.298 e. The van der Waals surface area contributed by atoms with E-state index >= 15 is 0 Å². The van der Waals surface area contributed by atoms with Gasteiger partial charge in [0.25, 0.3) is 0 Å². The smallest absolute Gasteiger partial charge is 0.170 e. The minimum Gasteiger partial charge on any atom is -0.298 e. The predicted octanol–water partition coefficient (Wildman–Crippen LogP) is 2.69. The molecular weight excluding hydrogens is 200 g/mol. The van der Waals surface area contributed by atoms with Crippen molar-refractivity contribution in [3.05, 3.63) is 23.8 Å². The maximum Gasteiger partial charge on any atom is 0.170 e. The summed E-state index contributed by atoms with van der Waals surface area (Å²) in [7, 11) is 0. The maximum absolute atomic E-state index is 12.1. The molecule has 0 aliphatic heterocycles. The molecule has 2 rings (SSSR count). The molecule has 86 valence electrons. The molecule has 2 aliphatic carbocycles. The van der Waals surface area contributed by atoms with E-state index in [1.165, 1.54) is 0 Å². The van der Waals surface area contributed by atoms with Crippen LogP contribution in [0.1, 0.15) is 33.1 Å². The van der Waals surface area contributed by atoms with Crippen LogP contribution in [0.2, 0.25) is 0 Å². The lowest BCUT2D eigenvalue weighted by molar-refractivity contribution is -0.128. The fourth-order valence-corrected chi connectivity index (χ4v) is 2.50. The van der Waals surface area contributed by atoms with E-state index in [1.807, 2.05) is 18.2 Å². The first-order valence-corrected chi connectivity index (χ1v) is 6.06. The molecule has 0 aromatic rings. The third kappa shape index (κ3) is 1.89. The van der Waals surface area contributed by atoms with Crippen LogP contribution in [0, 0.1) is 17.8 Å². The number of hydrogen-bond acceptors (Lipinski definition) is 2. The summed E-state index contributed by atoms with van der Waals surface area (Å²) in [6, 6.07) is 0. The van der Waals surface area contributed by atoms with Gasteiger partial charge in [-0.2, -0.15) is 0 Å². The molecule has 16 heavy (non-hydrogen) atoms. The summed E-state index contributed by atoms with van der Waals surface area (Å²) in [5.74, 6) is 0.310. The van der Waals surface area contributed by atoms with Crippen LogP contribution in [0.25, 0.3) is 0 Å². The molecule has 1 saturated carbocycles. The number of rotatable bonds is 3. The van der Waals surface area contributed by atoms with Gasteiger partial charge in [-0.25, -0.2) is 0 Å². The highest BCUT2D eigenvalue weighted by Crippen LogP contribution is 2.36. The van der Waals surface area contributed by atoms with E-state index < -0.39 is 0 Å². The lowest BCUT2D eigenvalue weighted by Crippen LogP contribution is -2.17. The Kier molecular flexibility index (Phi) is 3.08. The summed E-state index contributed by atoms with van der Waals surface area (Å²) in [6.45, 7) is 4.25. The van der Waals surface area contributed by atoms with Crippen molar-refractivity contribution in [3.8, 4) is 0 Å². The van der Waals surface area contributed by atoms with Gasteiger partial charge >= 0.3 is 0 Å². The van der Waals surface area contributed by atoms with Crippen molar-refractivity contribution in [2.75, 3.05) is 0 Å². The number of ketones is 2. The van der Waals surface area contributed by atoms with E-state index in [0.717, 1.165) is 18.4 Å². The highest BCUT2D eigenvalue weighted by atomic mass is 16.2. The van der Waals surface area contributed by atoms with E-state index in [1.54, 1.807) is 0 Å². The van der Waals surface area contributed by atoms with E-state index in [0.29, 0.717) is 12.3 Å². The lowest BCUT2D eigenvalue weighted by atomic mass is 9.92. The molecule has 0 aromatic heterocycles. The van der Waals surface area contributed by atoms with Crippen molar-refractivity contribution in [2.45, 2.75) is 33.1 Å². The SMILES string of the molecule is CC(C)CCC1C(=O)C2=CC=CCC2C1=O. The van der Waals surface area contributed by atoms with E-state index in [-0.39, 0.29) is 23.4 Å². The summed E-state index contributed by atoms with van der Waals surface area (Å²) < 4.78 is 0. The molecule has 1 fully saturated rings. The van der Waals surface area contributed by atoms with Gasteiger partial charge in [0.15, 0.2) is 11.6 Å². The van der Waals surface area contributed by atoms with Gasteiger partial charge in [0, 0.05) is 5.57 Å². The van der Waals surface area contributed by atoms with Crippen molar-refractivity contribution in [2.24, 2.45) is 17.8 Å². The van der Waals surface area contributed by atoms with Gasteiger partial charge in [-0.1, -0.05) is 32.1 Å². The van der Waals surface area contributed by atoms with Crippen LogP contribution in [0.4, 0.5) is 0 Å². The van der Waals surface area contributed by atoms with Crippen LogP contribution in [0.3, 0.4) is 0 Å². The van der Waals surface area contributed by atoms with E-state index in [2.05, 4.69) is 13.8 Å². The number of fused-ring (bicyclic) bond motifs is 1. The van der Waals surface area contributed by atoms with Crippen molar-refractivity contribution >= 4 is 11.6 Å². The number of Topliss-reactive ketones (excluding diaryl/α,β-unsaturated/α-hetero) is 2. The second kappa shape index (κ2) is 4.36. The zero-order valence-corrected chi connectivity index (χ0v) is 9.90. The molecule has 2 atom stereocenters. The van der Waals surface area contributed by atoms with Gasteiger partial charge in [-0.15, -0.1) is 0 Å². The van der Waals surface area contributed by atoms with Crippen molar-refractivity contribution in [3.63, 3.8) is 0 Å². The van der Waals surface area contributed by atoms with Crippen LogP contribution in [-0.4, -0.2) is 11.6 Å². The monoisotopic (exact) mass is 218 g/mol. The molecule has 2 nitrogen and oxygen atoms in total. The molecular formula is C14H18O2. The Bertz CT molecular complexity index is 374. The fraction of sp³-hybridized carbons (Fsp3) is 0.571. The second-order valence-corrected chi connectivity index (χ2v) is 5.13. The van der Waals surface area contributed by atoms with Gasteiger partial charge in [0.1, 0.15) is 0 Å². The number of carbonyl (C=O) groups excluding carboxylic acids is 2. The molecule has 0 heterocycles. The number of carbonyl (C=O) groups is 2. The Labute approximate surface area is 96.4 Å². The van der Waals surface area contributed by atoms with E-state index in [4.69, 9.17) is 0 Å². The predicted molar refractivity (Wildman–Crippen MR) is 62.9 cm³/mol. The Morgan fingerprint density at radius 3 is 2.75 bits per heavy atom. The second-order valence-electron chi connectivity index (χ2n) is 5.13. The quantitative estimate of drug-likeness (QED) is 0.682. The zero-order valence-electron chi connectivity index (χ0n) is 9.90. The molecule has 0 radical (unpaired) electrons. The average Bonchev–Trinajstić information content (AvgIpc) is 2.50. The minimum absolute atomic E-state index is 0.0833. The highest BCUT2D eigenvalue weighted by molar-refractivity contribution is 6.20. The molecule has 2 aliphatic rings. The molecule has 0 spiro atoms. The molecule has 0 N–H and O–H groups in total. The summed E-state index contributed by atoms with van der Waals surface area (Å²) in [5.41, 5.74) is 0.751. The summed E-state index contributed by atoms with van der Waals surface area (Å²) in [5, 5.41) is 0. The molecule has 0 amide bonds. The standard InChI is InChI=1S/C14H18O2/c1-9(2)7-8-12-13(15)10-5-3-4-6-11(10)14(12)16/h3-5,9,11-12H,6-8H2,1-2H3. The van der Waals surface area contributed by atoms with Crippen molar-refractivity contribution < 1.29 is 9.59 Å². The summed E-state index contributed by atoms with van der Waals surface area (Å²) in [6.07, 6.45) is 8.09. The lowest BCUT2D eigenvalue weighted by Gasteiger charge is -2.10. The fourth-order valence-electron chi connectivity index (χ4n) is 2.50. The van der Waals surface area contributed by atoms with Crippen molar-refractivity contribution in [1.29, 1.82) is 0 Å². The molecule has 0 bridgehead atoms. The van der Waals surface area contributed by atoms with Gasteiger partial charge in [0.2, 0.25) is 0 Å². The first-order valence-electron chi connectivity index (χ1n) is 6.06. The molecule has 0 aromatic carbocycles. The van der Waals surface area contributed by atoms with Gasteiger partial charge in [-0.05, 0) is 25.2 Å². The third-order valence-electron chi connectivity index (χ3n) is 3.48. The van der Waals surface area contributed by atoms with Crippen LogP contribution >= 0.6 is 0 Å². The van der Waals surface area contributed by atoms with Crippen LogP contribution in [-0.2, 0) is 9.59 Å². The first kappa shape index (κ1) is 11.3. The van der Waals surface area contributed by atoms with Gasteiger partial charge in [0.05, 0.1) is 11.8 Å². The summed E-state index contributed by atoms with van der Waals surface area (Å²) in [4.78, 5) is 24.1. The van der Waals surface area contributed by atoms with Gasteiger partial charge in [-0.3, -0.25) is 9.59 Å². The molecule has 2 unspecified atom stereocenters. The van der Waals surface area contributed by atoms with Gasteiger partial charge < -0.3 is 0 Å². The minimum atomic E-state index is -0.349. The average molecular weight is 218 g/mol.